The Morgan fingerprint density at radius 3 is 2.50 bits per heavy atom. The van der Waals surface area contributed by atoms with Crippen molar-refractivity contribution in [2.24, 2.45) is 0 Å². The van der Waals surface area contributed by atoms with Crippen molar-refractivity contribution >= 4 is 5.69 Å². The number of hydrogen-bond donors (Lipinski definition) is 0. The van der Waals surface area contributed by atoms with Crippen LogP contribution in [0.3, 0.4) is 0 Å². The topological polar surface area (TPSA) is 91.3 Å². The maximum Gasteiger partial charge on any atom is 0.415 e. The van der Waals surface area contributed by atoms with Gasteiger partial charge in [-0.2, -0.15) is 0 Å². The van der Waals surface area contributed by atoms with Crippen molar-refractivity contribution in [3.05, 3.63) is 34.4 Å². The predicted octanol–water partition coefficient (Wildman–Crippen LogP) is 2.43. The van der Waals surface area contributed by atoms with Crippen LogP contribution in [0.25, 0.3) is 11.5 Å². The third-order valence-corrected chi connectivity index (χ3v) is 2.07. The van der Waals surface area contributed by atoms with Crippen LogP contribution in [0.1, 0.15) is 13.8 Å². The van der Waals surface area contributed by atoms with Crippen LogP contribution in [-0.2, 0) is 0 Å². The molecule has 0 unspecified atom stereocenters. The molecule has 0 aliphatic heterocycles. The van der Waals surface area contributed by atoms with Crippen molar-refractivity contribution in [3.63, 3.8) is 0 Å². The third kappa shape index (κ3) is 2.62. The fraction of sp³-hybridized carbons (Fsp3) is 0.273. The highest BCUT2D eigenvalue weighted by atomic mass is 16.6. The lowest BCUT2D eigenvalue weighted by molar-refractivity contribution is -0.384. The van der Waals surface area contributed by atoms with Gasteiger partial charge in [0.25, 0.3) is 11.6 Å². The quantitative estimate of drug-likeness (QED) is 0.610. The second-order valence-corrected chi connectivity index (χ2v) is 3.84. The number of rotatable bonds is 4. The molecule has 0 fully saturated rings. The summed E-state index contributed by atoms with van der Waals surface area (Å²) in [6.07, 6.45) is 0.0218. The SMILES string of the molecule is CC(C)Oc1nnc(-c2ccc([N+](=O)[O-])cc2)o1. The van der Waals surface area contributed by atoms with Gasteiger partial charge in [-0.1, -0.05) is 5.10 Å². The van der Waals surface area contributed by atoms with E-state index in [1.807, 2.05) is 13.8 Å². The molecular weight excluding hydrogens is 238 g/mol. The van der Waals surface area contributed by atoms with Gasteiger partial charge in [-0.15, -0.1) is 5.10 Å². The number of hydrogen-bond acceptors (Lipinski definition) is 6. The second-order valence-electron chi connectivity index (χ2n) is 3.84. The van der Waals surface area contributed by atoms with Gasteiger partial charge in [0.2, 0.25) is 0 Å². The summed E-state index contributed by atoms with van der Waals surface area (Å²) in [4.78, 5) is 10.0. The molecule has 0 saturated carbocycles. The summed E-state index contributed by atoms with van der Waals surface area (Å²) in [5.41, 5.74) is 0.614. The van der Waals surface area contributed by atoms with Crippen molar-refractivity contribution in [1.82, 2.24) is 10.2 Å². The lowest BCUT2D eigenvalue weighted by atomic mass is 10.2. The molecule has 7 heteroatoms. The summed E-state index contributed by atoms with van der Waals surface area (Å²) < 4.78 is 10.5. The van der Waals surface area contributed by atoms with Gasteiger partial charge >= 0.3 is 6.08 Å². The van der Waals surface area contributed by atoms with Gasteiger partial charge in [-0.05, 0) is 26.0 Å². The van der Waals surface area contributed by atoms with E-state index in [9.17, 15) is 10.1 Å². The molecule has 0 aliphatic rings. The number of nitro benzene ring substituents is 1. The van der Waals surface area contributed by atoms with Crippen LogP contribution < -0.4 is 4.74 Å². The number of ether oxygens (including phenoxy) is 1. The monoisotopic (exact) mass is 249 g/mol. The van der Waals surface area contributed by atoms with Crippen molar-refractivity contribution in [2.45, 2.75) is 20.0 Å². The van der Waals surface area contributed by atoms with E-state index in [4.69, 9.17) is 9.15 Å². The zero-order valence-electron chi connectivity index (χ0n) is 9.86. The number of benzene rings is 1. The fourth-order valence-electron chi connectivity index (χ4n) is 1.30. The molecule has 18 heavy (non-hydrogen) atoms. The first kappa shape index (κ1) is 12.0. The number of aromatic nitrogens is 2. The Kier molecular flexibility index (Phi) is 3.22. The number of non-ortho nitro benzene ring substituents is 1. The Labute approximate surface area is 103 Å². The fourth-order valence-corrected chi connectivity index (χ4v) is 1.30. The normalized spacial score (nSPS) is 10.6. The van der Waals surface area contributed by atoms with Crippen LogP contribution in [0.4, 0.5) is 5.69 Å². The molecule has 7 nitrogen and oxygen atoms in total. The Morgan fingerprint density at radius 1 is 1.28 bits per heavy atom. The minimum atomic E-state index is -0.467. The van der Waals surface area contributed by atoms with Crippen LogP contribution >= 0.6 is 0 Å². The van der Waals surface area contributed by atoms with Gasteiger partial charge in [0.1, 0.15) is 0 Å². The first-order valence-electron chi connectivity index (χ1n) is 5.31. The summed E-state index contributed by atoms with van der Waals surface area (Å²) in [5, 5.41) is 18.0. The predicted molar refractivity (Wildman–Crippen MR) is 62.2 cm³/mol. The highest BCUT2D eigenvalue weighted by Gasteiger charge is 2.12. The zero-order chi connectivity index (χ0) is 13.1. The van der Waals surface area contributed by atoms with E-state index in [-0.39, 0.29) is 23.8 Å². The lowest BCUT2D eigenvalue weighted by Crippen LogP contribution is -2.05. The molecule has 1 aromatic carbocycles. The zero-order valence-corrected chi connectivity index (χ0v) is 9.86. The van der Waals surface area contributed by atoms with Crippen molar-refractivity contribution in [1.29, 1.82) is 0 Å². The van der Waals surface area contributed by atoms with Gasteiger partial charge in [0.15, 0.2) is 0 Å². The minimum Gasteiger partial charge on any atom is -0.446 e. The molecule has 0 spiro atoms. The van der Waals surface area contributed by atoms with Crippen molar-refractivity contribution < 1.29 is 14.1 Å². The first-order valence-corrected chi connectivity index (χ1v) is 5.31. The maximum absolute atomic E-state index is 10.5. The molecule has 0 bridgehead atoms. The van der Waals surface area contributed by atoms with Crippen LogP contribution in [0, 0.1) is 10.1 Å². The highest BCUT2D eigenvalue weighted by Crippen LogP contribution is 2.23. The summed E-state index contributed by atoms with van der Waals surface area (Å²) in [7, 11) is 0. The van der Waals surface area contributed by atoms with Gasteiger partial charge in [-0.3, -0.25) is 10.1 Å². The van der Waals surface area contributed by atoms with E-state index in [1.165, 1.54) is 12.1 Å². The Bertz CT molecular complexity index is 548. The van der Waals surface area contributed by atoms with E-state index >= 15 is 0 Å². The van der Waals surface area contributed by atoms with Crippen LogP contribution in [0.2, 0.25) is 0 Å². The molecule has 0 amide bonds. The molecule has 0 radical (unpaired) electrons. The average Bonchev–Trinajstić information content (AvgIpc) is 2.76. The van der Waals surface area contributed by atoms with E-state index < -0.39 is 4.92 Å². The highest BCUT2D eigenvalue weighted by molar-refractivity contribution is 5.55. The van der Waals surface area contributed by atoms with Crippen LogP contribution in [0.5, 0.6) is 6.08 Å². The number of nitro groups is 1. The summed E-state index contributed by atoms with van der Waals surface area (Å²) in [6.45, 7) is 3.69. The molecule has 2 aromatic rings. The van der Waals surface area contributed by atoms with Gasteiger partial charge in [0, 0.05) is 17.7 Å². The van der Waals surface area contributed by atoms with E-state index in [0.29, 0.717) is 5.56 Å². The van der Waals surface area contributed by atoms with E-state index in [2.05, 4.69) is 10.2 Å². The van der Waals surface area contributed by atoms with Crippen LogP contribution in [-0.4, -0.2) is 21.2 Å². The van der Waals surface area contributed by atoms with Crippen LogP contribution in [0.15, 0.2) is 28.7 Å². The molecular formula is C11H11N3O4. The Balaban J connectivity index is 2.20. The molecule has 0 N–H and O–H groups in total. The van der Waals surface area contributed by atoms with Crippen molar-refractivity contribution in [2.75, 3.05) is 0 Å². The van der Waals surface area contributed by atoms with Gasteiger partial charge in [-0.25, -0.2) is 0 Å². The summed E-state index contributed by atoms with van der Waals surface area (Å²) in [6, 6.07) is 5.85. The number of nitrogens with zero attached hydrogens (tertiary/aromatic N) is 3. The summed E-state index contributed by atoms with van der Waals surface area (Å²) in [5.74, 6) is 0.264. The molecule has 0 atom stereocenters. The molecule has 1 aromatic heterocycles. The van der Waals surface area contributed by atoms with Gasteiger partial charge < -0.3 is 9.15 Å². The third-order valence-electron chi connectivity index (χ3n) is 2.07. The summed E-state index contributed by atoms with van der Waals surface area (Å²) >= 11 is 0. The standard InChI is InChI=1S/C11H11N3O4/c1-7(2)17-11-13-12-10(18-11)8-3-5-9(6-4-8)14(15)16/h3-7H,1-2H3. The first-order chi connectivity index (χ1) is 8.56. The smallest absolute Gasteiger partial charge is 0.415 e. The largest absolute Gasteiger partial charge is 0.446 e. The Morgan fingerprint density at radius 2 is 1.94 bits per heavy atom. The van der Waals surface area contributed by atoms with E-state index in [0.717, 1.165) is 0 Å². The van der Waals surface area contributed by atoms with Crippen molar-refractivity contribution in [3.8, 4) is 17.5 Å². The minimum absolute atomic E-state index is 0.0110. The lowest BCUT2D eigenvalue weighted by Gasteiger charge is -2.01. The molecule has 0 saturated heterocycles. The molecule has 2 rings (SSSR count). The van der Waals surface area contributed by atoms with Gasteiger partial charge in [0.05, 0.1) is 11.0 Å². The average molecular weight is 249 g/mol. The molecule has 94 valence electrons. The van der Waals surface area contributed by atoms with E-state index in [1.54, 1.807) is 12.1 Å². The molecule has 1 heterocycles. The maximum atomic E-state index is 10.5. The molecule has 0 aliphatic carbocycles. The second kappa shape index (κ2) is 4.82. The Hall–Kier alpha value is -2.44.